The van der Waals surface area contributed by atoms with E-state index in [2.05, 4.69) is 30.6 Å². The van der Waals surface area contributed by atoms with Gasteiger partial charge >= 0.3 is 0 Å². The Morgan fingerprint density at radius 3 is 2.58 bits per heavy atom. The van der Waals surface area contributed by atoms with Crippen LogP contribution in [0.1, 0.15) is 39.0 Å². The van der Waals surface area contributed by atoms with Gasteiger partial charge in [0.05, 0.1) is 0 Å². The molecular formula is C14H24N2O2S. The topological polar surface area (TPSA) is 40.6 Å². The van der Waals surface area contributed by atoms with E-state index < -0.39 is 0 Å². The summed E-state index contributed by atoms with van der Waals surface area (Å²) < 4.78 is 0. The van der Waals surface area contributed by atoms with Crippen molar-refractivity contribution in [3.63, 3.8) is 0 Å². The van der Waals surface area contributed by atoms with Gasteiger partial charge in [0.1, 0.15) is 0 Å². The standard InChI is InChI=1S/C14H24N2O2S/c1-3-19-12-5-4-11(10-12)15(2)8-9-16-13(17)6-7-14(16)18/h11-12H,3-10H2,1-2H3/t11-,12+/m1/s1. The molecule has 2 fully saturated rings. The van der Waals surface area contributed by atoms with Crippen molar-refractivity contribution in [2.75, 3.05) is 25.9 Å². The first-order chi connectivity index (χ1) is 9.11. The van der Waals surface area contributed by atoms with Crippen molar-refractivity contribution in [3.05, 3.63) is 0 Å². The number of carbonyl (C=O) groups is 2. The molecular weight excluding hydrogens is 260 g/mol. The quantitative estimate of drug-likeness (QED) is 0.697. The van der Waals surface area contributed by atoms with Crippen LogP contribution in [-0.4, -0.2) is 58.8 Å². The van der Waals surface area contributed by atoms with Crippen molar-refractivity contribution < 1.29 is 9.59 Å². The minimum atomic E-state index is 0.00392. The summed E-state index contributed by atoms with van der Waals surface area (Å²) in [6.07, 6.45) is 4.60. The van der Waals surface area contributed by atoms with Gasteiger partial charge in [-0.3, -0.25) is 14.5 Å². The maximum atomic E-state index is 11.5. The highest BCUT2D eigenvalue weighted by Crippen LogP contribution is 2.32. The number of hydrogen-bond acceptors (Lipinski definition) is 4. The van der Waals surface area contributed by atoms with Gasteiger partial charge in [-0.2, -0.15) is 11.8 Å². The predicted octanol–water partition coefficient (Wildman–Crippen LogP) is 1.74. The predicted molar refractivity (Wildman–Crippen MR) is 78.1 cm³/mol. The molecule has 0 aromatic carbocycles. The number of likely N-dealkylation sites (N-methyl/N-ethyl adjacent to an activating group) is 1. The summed E-state index contributed by atoms with van der Waals surface area (Å²) in [6.45, 7) is 3.59. The van der Waals surface area contributed by atoms with Gasteiger partial charge in [0.2, 0.25) is 11.8 Å². The van der Waals surface area contributed by atoms with Crippen LogP contribution in [0.5, 0.6) is 0 Å². The fourth-order valence-electron chi connectivity index (χ4n) is 3.02. The molecule has 1 aliphatic heterocycles. The van der Waals surface area contributed by atoms with E-state index in [9.17, 15) is 9.59 Å². The zero-order chi connectivity index (χ0) is 13.8. The van der Waals surface area contributed by atoms with Crippen molar-refractivity contribution >= 4 is 23.6 Å². The fraction of sp³-hybridized carbons (Fsp3) is 0.857. The number of amides is 2. The first-order valence-electron chi connectivity index (χ1n) is 7.26. The van der Waals surface area contributed by atoms with Crippen molar-refractivity contribution in [2.45, 2.75) is 50.3 Å². The number of nitrogens with zero attached hydrogens (tertiary/aromatic N) is 2. The molecule has 2 rings (SSSR count). The average molecular weight is 284 g/mol. The van der Waals surface area contributed by atoms with Gasteiger partial charge in [0.25, 0.3) is 0 Å². The second-order valence-corrected chi connectivity index (χ2v) is 7.04. The lowest BCUT2D eigenvalue weighted by atomic mass is 10.2. The Labute approximate surface area is 119 Å². The summed E-state index contributed by atoms with van der Waals surface area (Å²) in [5.74, 6) is 1.20. The molecule has 0 bridgehead atoms. The fourth-order valence-corrected chi connectivity index (χ4v) is 4.15. The Kier molecular flexibility index (Phi) is 5.28. The van der Waals surface area contributed by atoms with Crippen LogP contribution in [0.3, 0.4) is 0 Å². The van der Waals surface area contributed by atoms with Gasteiger partial charge < -0.3 is 4.90 Å². The van der Waals surface area contributed by atoms with E-state index in [0.717, 1.165) is 11.8 Å². The van der Waals surface area contributed by atoms with Crippen LogP contribution in [-0.2, 0) is 9.59 Å². The lowest BCUT2D eigenvalue weighted by Crippen LogP contribution is -2.39. The Morgan fingerprint density at radius 1 is 1.26 bits per heavy atom. The van der Waals surface area contributed by atoms with Gasteiger partial charge in [-0.15, -0.1) is 0 Å². The monoisotopic (exact) mass is 284 g/mol. The number of hydrogen-bond donors (Lipinski definition) is 0. The van der Waals surface area contributed by atoms with Crippen LogP contribution in [0, 0.1) is 0 Å². The summed E-state index contributed by atoms with van der Waals surface area (Å²) in [5.41, 5.74) is 0. The van der Waals surface area contributed by atoms with E-state index in [1.54, 1.807) is 0 Å². The largest absolute Gasteiger partial charge is 0.302 e. The number of carbonyl (C=O) groups excluding carboxylic acids is 2. The first kappa shape index (κ1) is 14.9. The molecule has 1 heterocycles. The molecule has 2 atom stereocenters. The summed E-state index contributed by atoms with van der Waals surface area (Å²) in [6, 6.07) is 0.622. The van der Waals surface area contributed by atoms with Gasteiger partial charge in [0.15, 0.2) is 0 Å². The van der Waals surface area contributed by atoms with Crippen molar-refractivity contribution in [1.29, 1.82) is 0 Å². The van der Waals surface area contributed by atoms with Crippen molar-refractivity contribution in [3.8, 4) is 0 Å². The minimum absolute atomic E-state index is 0.00392. The van der Waals surface area contributed by atoms with E-state index >= 15 is 0 Å². The molecule has 1 saturated carbocycles. The summed E-state index contributed by atoms with van der Waals surface area (Å²) in [7, 11) is 2.12. The van der Waals surface area contributed by atoms with Crippen LogP contribution in [0.15, 0.2) is 0 Å². The smallest absolute Gasteiger partial charge is 0.229 e. The van der Waals surface area contributed by atoms with E-state index in [-0.39, 0.29) is 11.8 Å². The second kappa shape index (κ2) is 6.75. The summed E-state index contributed by atoms with van der Waals surface area (Å²) in [4.78, 5) is 26.8. The SMILES string of the molecule is CCS[C@H]1CC[C@@H](N(C)CCN2C(=O)CCC2=O)C1. The molecule has 108 valence electrons. The number of rotatable bonds is 6. The van der Waals surface area contributed by atoms with Gasteiger partial charge in [-0.25, -0.2) is 0 Å². The molecule has 1 aliphatic carbocycles. The minimum Gasteiger partial charge on any atom is -0.302 e. The normalized spacial score (nSPS) is 27.8. The first-order valence-corrected chi connectivity index (χ1v) is 8.31. The van der Waals surface area contributed by atoms with Crippen LogP contribution in [0.2, 0.25) is 0 Å². The van der Waals surface area contributed by atoms with E-state index in [1.807, 2.05) is 0 Å². The highest BCUT2D eigenvalue weighted by molar-refractivity contribution is 7.99. The number of likely N-dealkylation sites (tertiary alicyclic amines) is 1. The third-order valence-corrected chi connectivity index (χ3v) is 5.45. The van der Waals surface area contributed by atoms with Crippen LogP contribution >= 0.6 is 11.8 Å². The molecule has 4 nitrogen and oxygen atoms in total. The molecule has 0 radical (unpaired) electrons. The maximum absolute atomic E-state index is 11.5. The second-order valence-electron chi connectivity index (χ2n) is 5.46. The van der Waals surface area contributed by atoms with E-state index in [1.165, 1.54) is 29.9 Å². The third kappa shape index (κ3) is 3.72. The van der Waals surface area contributed by atoms with Crippen molar-refractivity contribution in [1.82, 2.24) is 9.80 Å². The Balaban J connectivity index is 1.74. The Hall–Kier alpha value is -0.550. The average Bonchev–Trinajstić information content (AvgIpc) is 2.96. The van der Waals surface area contributed by atoms with Gasteiger partial charge in [-0.05, 0) is 32.1 Å². The molecule has 19 heavy (non-hydrogen) atoms. The zero-order valence-electron chi connectivity index (χ0n) is 11.9. The zero-order valence-corrected chi connectivity index (χ0v) is 12.7. The van der Waals surface area contributed by atoms with Crippen LogP contribution in [0.25, 0.3) is 0 Å². The van der Waals surface area contributed by atoms with E-state index in [0.29, 0.717) is 25.4 Å². The maximum Gasteiger partial charge on any atom is 0.229 e. The summed E-state index contributed by atoms with van der Waals surface area (Å²) in [5, 5.41) is 0.799. The molecule has 0 unspecified atom stereocenters. The highest BCUT2D eigenvalue weighted by atomic mass is 32.2. The lowest BCUT2D eigenvalue weighted by Gasteiger charge is -2.26. The van der Waals surface area contributed by atoms with Gasteiger partial charge in [-0.1, -0.05) is 6.92 Å². The highest BCUT2D eigenvalue weighted by Gasteiger charge is 2.31. The number of imide groups is 1. The Bertz CT molecular complexity index is 332. The number of thioether (sulfide) groups is 1. The van der Waals surface area contributed by atoms with Crippen molar-refractivity contribution in [2.24, 2.45) is 0 Å². The molecule has 2 aliphatic rings. The lowest BCUT2D eigenvalue weighted by molar-refractivity contribution is -0.138. The van der Waals surface area contributed by atoms with Crippen LogP contribution < -0.4 is 0 Å². The third-order valence-electron chi connectivity index (χ3n) is 4.21. The van der Waals surface area contributed by atoms with Crippen LogP contribution in [0.4, 0.5) is 0 Å². The molecule has 0 aromatic rings. The molecule has 0 spiro atoms. The molecule has 1 saturated heterocycles. The summed E-state index contributed by atoms with van der Waals surface area (Å²) >= 11 is 2.06. The molecule has 0 aromatic heterocycles. The molecule has 2 amide bonds. The van der Waals surface area contributed by atoms with E-state index in [4.69, 9.17) is 0 Å². The van der Waals surface area contributed by atoms with Gasteiger partial charge in [0, 0.05) is 37.2 Å². The Morgan fingerprint density at radius 2 is 1.95 bits per heavy atom. The molecule has 0 N–H and O–H groups in total. The molecule has 5 heteroatoms.